The minimum absolute atomic E-state index is 0.128. The van der Waals surface area contributed by atoms with E-state index in [0.717, 1.165) is 0 Å². The Bertz CT molecular complexity index is 531. The van der Waals surface area contributed by atoms with Gasteiger partial charge in [0.25, 0.3) is 0 Å². The number of fused-ring (bicyclic) bond motifs is 1. The predicted molar refractivity (Wildman–Crippen MR) is 60.4 cm³/mol. The SMILES string of the molecule is O=C(O)CC(=Cc1ccc2c(c1)OCO2)C(=O)O. The summed E-state index contributed by atoms with van der Waals surface area (Å²) in [6.07, 6.45) is 0.766. The molecule has 1 heterocycles. The lowest BCUT2D eigenvalue weighted by Crippen LogP contribution is -2.06. The summed E-state index contributed by atoms with van der Waals surface area (Å²) in [5.41, 5.74) is 0.360. The van der Waals surface area contributed by atoms with Crippen LogP contribution >= 0.6 is 0 Å². The Hall–Kier alpha value is -2.50. The van der Waals surface area contributed by atoms with Gasteiger partial charge in [-0.25, -0.2) is 4.79 Å². The molecule has 2 N–H and O–H groups in total. The number of carbonyl (C=O) groups is 2. The summed E-state index contributed by atoms with van der Waals surface area (Å²) in [4.78, 5) is 21.4. The highest BCUT2D eigenvalue weighted by Gasteiger charge is 2.15. The van der Waals surface area contributed by atoms with Crippen LogP contribution in [0.25, 0.3) is 6.08 Å². The van der Waals surface area contributed by atoms with Gasteiger partial charge in [0.1, 0.15) is 0 Å². The maximum absolute atomic E-state index is 10.9. The van der Waals surface area contributed by atoms with Gasteiger partial charge in [-0.05, 0) is 23.8 Å². The molecule has 1 aromatic rings. The molecule has 1 aliphatic rings. The van der Waals surface area contributed by atoms with Crippen LogP contribution in [0.4, 0.5) is 0 Å². The lowest BCUT2D eigenvalue weighted by atomic mass is 10.1. The van der Waals surface area contributed by atoms with E-state index in [4.69, 9.17) is 19.7 Å². The summed E-state index contributed by atoms with van der Waals surface area (Å²) >= 11 is 0. The largest absolute Gasteiger partial charge is 0.481 e. The Balaban J connectivity index is 2.29. The van der Waals surface area contributed by atoms with E-state index in [1.807, 2.05) is 0 Å². The second-order valence-corrected chi connectivity index (χ2v) is 3.66. The second-order valence-electron chi connectivity index (χ2n) is 3.66. The summed E-state index contributed by atoms with van der Waals surface area (Å²) in [7, 11) is 0. The molecule has 0 spiro atoms. The molecule has 0 saturated carbocycles. The lowest BCUT2D eigenvalue weighted by molar-refractivity contribution is -0.139. The average molecular weight is 250 g/mol. The molecular formula is C12H10O6. The topological polar surface area (TPSA) is 93.1 Å². The quantitative estimate of drug-likeness (QED) is 0.783. The molecule has 94 valence electrons. The van der Waals surface area contributed by atoms with E-state index >= 15 is 0 Å². The fourth-order valence-corrected chi connectivity index (χ4v) is 1.56. The fraction of sp³-hybridized carbons (Fsp3) is 0.167. The molecular weight excluding hydrogens is 240 g/mol. The van der Waals surface area contributed by atoms with Crippen molar-refractivity contribution in [2.75, 3.05) is 6.79 Å². The van der Waals surface area contributed by atoms with Gasteiger partial charge in [-0.3, -0.25) is 4.79 Å². The summed E-state index contributed by atoms with van der Waals surface area (Å²) in [5.74, 6) is -1.34. The number of carboxylic acids is 2. The zero-order valence-corrected chi connectivity index (χ0v) is 9.25. The van der Waals surface area contributed by atoms with Crippen molar-refractivity contribution in [2.24, 2.45) is 0 Å². The van der Waals surface area contributed by atoms with E-state index in [0.29, 0.717) is 17.1 Å². The number of carboxylic acid groups (broad SMARTS) is 2. The number of rotatable bonds is 4. The lowest BCUT2D eigenvalue weighted by Gasteiger charge is -2.01. The smallest absolute Gasteiger partial charge is 0.332 e. The van der Waals surface area contributed by atoms with Crippen LogP contribution in [0.15, 0.2) is 23.8 Å². The molecule has 1 aromatic carbocycles. The molecule has 0 bridgehead atoms. The Morgan fingerprint density at radius 2 is 1.94 bits per heavy atom. The first kappa shape index (κ1) is 12.0. The summed E-state index contributed by atoms with van der Waals surface area (Å²) in [5, 5.41) is 17.5. The van der Waals surface area contributed by atoms with E-state index in [1.54, 1.807) is 18.2 Å². The molecule has 0 radical (unpaired) electrons. The highest BCUT2D eigenvalue weighted by molar-refractivity contribution is 5.96. The van der Waals surface area contributed by atoms with Crippen molar-refractivity contribution in [3.8, 4) is 11.5 Å². The van der Waals surface area contributed by atoms with Crippen LogP contribution in [-0.4, -0.2) is 28.9 Å². The van der Waals surface area contributed by atoms with E-state index in [1.165, 1.54) is 6.08 Å². The Labute approximate surface area is 102 Å². The minimum Gasteiger partial charge on any atom is -0.481 e. The van der Waals surface area contributed by atoms with Gasteiger partial charge in [0.15, 0.2) is 11.5 Å². The first-order chi connectivity index (χ1) is 8.56. The van der Waals surface area contributed by atoms with Crippen LogP contribution in [0.5, 0.6) is 11.5 Å². The summed E-state index contributed by atoms with van der Waals surface area (Å²) < 4.78 is 10.3. The highest BCUT2D eigenvalue weighted by Crippen LogP contribution is 2.33. The van der Waals surface area contributed by atoms with Crippen molar-refractivity contribution < 1.29 is 29.3 Å². The van der Waals surface area contributed by atoms with E-state index in [-0.39, 0.29) is 12.4 Å². The Kier molecular flexibility index (Phi) is 3.18. The number of hydrogen-bond donors (Lipinski definition) is 2. The first-order valence-electron chi connectivity index (χ1n) is 5.11. The van der Waals surface area contributed by atoms with Crippen molar-refractivity contribution in [3.05, 3.63) is 29.3 Å². The third-order valence-electron chi connectivity index (χ3n) is 2.35. The van der Waals surface area contributed by atoms with Gasteiger partial charge in [-0.2, -0.15) is 0 Å². The second kappa shape index (κ2) is 4.79. The molecule has 0 atom stereocenters. The molecule has 18 heavy (non-hydrogen) atoms. The van der Waals surface area contributed by atoms with Crippen molar-refractivity contribution in [1.29, 1.82) is 0 Å². The Morgan fingerprint density at radius 1 is 1.22 bits per heavy atom. The normalized spacial score (nSPS) is 13.4. The molecule has 0 aliphatic carbocycles. The van der Waals surface area contributed by atoms with Crippen LogP contribution in [-0.2, 0) is 9.59 Å². The zero-order valence-electron chi connectivity index (χ0n) is 9.25. The van der Waals surface area contributed by atoms with Crippen molar-refractivity contribution in [1.82, 2.24) is 0 Å². The highest BCUT2D eigenvalue weighted by atomic mass is 16.7. The first-order valence-corrected chi connectivity index (χ1v) is 5.11. The van der Waals surface area contributed by atoms with E-state index in [2.05, 4.69) is 0 Å². The number of benzene rings is 1. The molecule has 1 aliphatic heterocycles. The number of hydrogen-bond acceptors (Lipinski definition) is 4. The maximum Gasteiger partial charge on any atom is 0.332 e. The molecule has 0 unspecified atom stereocenters. The maximum atomic E-state index is 10.9. The van der Waals surface area contributed by atoms with Gasteiger partial charge in [0.2, 0.25) is 6.79 Å². The summed E-state index contributed by atoms with van der Waals surface area (Å²) in [6, 6.07) is 4.89. The van der Waals surface area contributed by atoms with Gasteiger partial charge in [0, 0.05) is 5.57 Å². The van der Waals surface area contributed by atoms with Crippen LogP contribution in [0, 0.1) is 0 Å². The van der Waals surface area contributed by atoms with Crippen molar-refractivity contribution in [3.63, 3.8) is 0 Å². The molecule has 0 aromatic heterocycles. The van der Waals surface area contributed by atoms with Gasteiger partial charge in [-0.1, -0.05) is 6.07 Å². The van der Waals surface area contributed by atoms with Gasteiger partial charge in [0.05, 0.1) is 6.42 Å². The Morgan fingerprint density at radius 3 is 2.61 bits per heavy atom. The van der Waals surface area contributed by atoms with Crippen molar-refractivity contribution >= 4 is 18.0 Å². The van der Waals surface area contributed by atoms with Crippen LogP contribution in [0.3, 0.4) is 0 Å². The van der Waals surface area contributed by atoms with Gasteiger partial charge >= 0.3 is 11.9 Å². The molecule has 6 nitrogen and oxygen atoms in total. The van der Waals surface area contributed by atoms with Gasteiger partial charge < -0.3 is 19.7 Å². The number of ether oxygens (including phenoxy) is 2. The van der Waals surface area contributed by atoms with Crippen molar-refractivity contribution in [2.45, 2.75) is 6.42 Å². The van der Waals surface area contributed by atoms with E-state index < -0.39 is 18.4 Å². The molecule has 0 amide bonds. The van der Waals surface area contributed by atoms with Crippen LogP contribution in [0.2, 0.25) is 0 Å². The van der Waals surface area contributed by atoms with Crippen LogP contribution in [0.1, 0.15) is 12.0 Å². The molecule has 0 saturated heterocycles. The molecule has 2 rings (SSSR count). The third kappa shape index (κ3) is 2.60. The number of aliphatic carboxylic acids is 2. The van der Waals surface area contributed by atoms with E-state index in [9.17, 15) is 9.59 Å². The monoisotopic (exact) mass is 250 g/mol. The fourth-order valence-electron chi connectivity index (χ4n) is 1.56. The molecule has 6 heteroatoms. The zero-order chi connectivity index (χ0) is 13.1. The minimum atomic E-state index is -1.25. The van der Waals surface area contributed by atoms with Crippen LogP contribution < -0.4 is 9.47 Å². The third-order valence-corrected chi connectivity index (χ3v) is 2.35. The molecule has 0 fully saturated rings. The summed E-state index contributed by atoms with van der Waals surface area (Å²) in [6.45, 7) is 0.128. The predicted octanol–water partition coefficient (Wildman–Crippen LogP) is 1.36. The average Bonchev–Trinajstić information content (AvgIpc) is 2.74. The van der Waals surface area contributed by atoms with Gasteiger partial charge in [-0.15, -0.1) is 0 Å². The standard InChI is InChI=1S/C12H10O6/c13-11(14)5-8(12(15)16)3-7-1-2-9-10(4-7)18-6-17-9/h1-4H,5-6H2,(H,13,14)(H,15,16).